The summed E-state index contributed by atoms with van der Waals surface area (Å²) in [6, 6.07) is 8.99. The van der Waals surface area contributed by atoms with Gasteiger partial charge in [-0.2, -0.15) is 18.3 Å². The first-order chi connectivity index (χ1) is 9.79. The highest BCUT2D eigenvalue weighted by molar-refractivity contribution is 5.92. The fourth-order valence-corrected chi connectivity index (χ4v) is 1.98. The van der Waals surface area contributed by atoms with Crippen LogP contribution in [0.15, 0.2) is 30.3 Å². The van der Waals surface area contributed by atoms with Gasteiger partial charge in [-0.1, -0.05) is 18.2 Å². The second kappa shape index (κ2) is 5.59. The van der Waals surface area contributed by atoms with Crippen LogP contribution in [0, 0.1) is 13.8 Å². The number of para-hydroxylation sites is 1. The molecule has 1 aromatic heterocycles. The molecule has 7 heteroatoms. The fraction of sp³-hybridized carbons (Fsp3) is 0.286. The number of halogens is 3. The van der Waals surface area contributed by atoms with Crippen molar-refractivity contribution in [3.05, 3.63) is 47.3 Å². The van der Waals surface area contributed by atoms with Gasteiger partial charge in [-0.15, -0.1) is 0 Å². The molecule has 0 radical (unpaired) electrons. The topological polar surface area (TPSA) is 44.1 Å². The summed E-state index contributed by atoms with van der Waals surface area (Å²) < 4.78 is 42.1. The van der Waals surface area contributed by atoms with Crippen molar-refractivity contribution in [1.29, 1.82) is 0 Å². The highest BCUT2D eigenvalue weighted by Crippen LogP contribution is 2.20. The van der Waals surface area contributed by atoms with Crippen LogP contribution in [-0.2, 0) is 4.74 Å². The van der Waals surface area contributed by atoms with Crippen LogP contribution < -0.4 is 0 Å². The van der Waals surface area contributed by atoms with E-state index in [-0.39, 0.29) is 5.56 Å². The quantitative estimate of drug-likeness (QED) is 0.817. The molecule has 0 aliphatic heterocycles. The zero-order valence-electron chi connectivity index (χ0n) is 11.4. The fourth-order valence-electron chi connectivity index (χ4n) is 1.98. The molecule has 1 heterocycles. The van der Waals surface area contributed by atoms with Gasteiger partial charge in [0.1, 0.15) is 5.56 Å². The predicted octanol–water partition coefficient (Wildman–Crippen LogP) is 3.21. The van der Waals surface area contributed by atoms with Crippen LogP contribution in [0.1, 0.15) is 21.7 Å². The highest BCUT2D eigenvalue weighted by atomic mass is 19.4. The zero-order valence-corrected chi connectivity index (χ0v) is 11.4. The molecule has 4 nitrogen and oxygen atoms in total. The van der Waals surface area contributed by atoms with E-state index in [0.29, 0.717) is 17.1 Å². The van der Waals surface area contributed by atoms with Crippen LogP contribution in [0.25, 0.3) is 5.69 Å². The Kier molecular flexibility index (Phi) is 4.02. The minimum atomic E-state index is -4.55. The number of nitrogens with zero attached hydrogens (tertiary/aromatic N) is 2. The number of hydrogen-bond acceptors (Lipinski definition) is 3. The summed E-state index contributed by atoms with van der Waals surface area (Å²) in [5, 5.41) is 4.18. The van der Waals surface area contributed by atoms with Crippen molar-refractivity contribution < 1.29 is 22.7 Å². The zero-order chi connectivity index (χ0) is 15.6. The van der Waals surface area contributed by atoms with E-state index in [0.717, 1.165) is 0 Å². The summed E-state index contributed by atoms with van der Waals surface area (Å²) in [5.41, 5.74) is 1.53. The molecular weight excluding hydrogens is 285 g/mol. The van der Waals surface area contributed by atoms with Gasteiger partial charge in [-0.3, -0.25) is 0 Å². The van der Waals surface area contributed by atoms with Crippen molar-refractivity contribution >= 4 is 5.97 Å². The van der Waals surface area contributed by atoms with Crippen LogP contribution in [-0.4, -0.2) is 28.5 Å². The minimum Gasteiger partial charge on any atom is -0.452 e. The van der Waals surface area contributed by atoms with Gasteiger partial charge >= 0.3 is 12.1 Å². The average Bonchev–Trinajstić information content (AvgIpc) is 2.72. The number of carbonyl (C=O) groups excluding carboxylic acids is 1. The number of carbonyl (C=O) groups is 1. The number of aryl methyl sites for hydroxylation is 1. The molecule has 0 aliphatic rings. The number of benzene rings is 1. The van der Waals surface area contributed by atoms with E-state index in [9.17, 15) is 18.0 Å². The van der Waals surface area contributed by atoms with Gasteiger partial charge in [0.25, 0.3) is 0 Å². The Morgan fingerprint density at radius 2 is 1.86 bits per heavy atom. The van der Waals surface area contributed by atoms with E-state index in [2.05, 4.69) is 9.84 Å². The normalized spacial score (nSPS) is 11.5. The molecule has 0 spiro atoms. The second-order valence-electron chi connectivity index (χ2n) is 4.48. The number of rotatable bonds is 3. The predicted molar refractivity (Wildman–Crippen MR) is 69.4 cm³/mol. The molecule has 112 valence electrons. The standard InChI is InChI=1S/C14H13F3N2O2/c1-9-12(13(20)21-8-14(15,16)17)10(2)19(18-9)11-6-4-3-5-7-11/h3-7H,8H2,1-2H3. The number of aromatic nitrogens is 2. The van der Waals surface area contributed by atoms with Gasteiger partial charge in [-0.05, 0) is 26.0 Å². The van der Waals surface area contributed by atoms with Crippen molar-refractivity contribution in [2.75, 3.05) is 6.61 Å². The molecule has 21 heavy (non-hydrogen) atoms. The summed E-state index contributed by atoms with van der Waals surface area (Å²) >= 11 is 0. The average molecular weight is 298 g/mol. The molecule has 0 unspecified atom stereocenters. The first-order valence-corrected chi connectivity index (χ1v) is 6.15. The SMILES string of the molecule is Cc1nn(-c2ccccc2)c(C)c1C(=O)OCC(F)(F)F. The van der Waals surface area contributed by atoms with E-state index < -0.39 is 18.8 Å². The Labute approximate surface area is 119 Å². The Bertz CT molecular complexity index is 648. The first-order valence-electron chi connectivity index (χ1n) is 6.15. The molecule has 2 rings (SSSR count). The van der Waals surface area contributed by atoms with Crippen molar-refractivity contribution in [2.45, 2.75) is 20.0 Å². The molecule has 0 aliphatic carbocycles. The smallest absolute Gasteiger partial charge is 0.422 e. The lowest BCUT2D eigenvalue weighted by Crippen LogP contribution is -2.21. The summed E-state index contributed by atoms with van der Waals surface area (Å²) in [6.45, 7) is 1.55. The number of hydrogen-bond donors (Lipinski definition) is 0. The van der Waals surface area contributed by atoms with Crippen molar-refractivity contribution in [3.63, 3.8) is 0 Å². The van der Waals surface area contributed by atoms with E-state index >= 15 is 0 Å². The Morgan fingerprint density at radius 1 is 1.24 bits per heavy atom. The molecule has 0 atom stereocenters. The van der Waals surface area contributed by atoms with Gasteiger partial charge in [0.2, 0.25) is 0 Å². The van der Waals surface area contributed by atoms with Crippen molar-refractivity contribution in [2.24, 2.45) is 0 Å². The van der Waals surface area contributed by atoms with Crippen LogP contribution in [0.3, 0.4) is 0 Å². The van der Waals surface area contributed by atoms with Crippen LogP contribution in [0.4, 0.5) is 13.2 Å². The molecule has 0 saturated heterocycles. The van der Waals surface area contributed by atoms with E-state index in [1.54, 1.807) is 38.1 Å². The molecule has 0 fully saturated rings. The summed E-state index contributed by atoms with van der Waals surface area (Å²) in [4.78, 5) is 11.8. The molecule has 2 aromatic rings. The number of ether oxygens (including phenoxy) is 1. The third kappa shape index (κ3) is 3.42. The first kappa shape index (κ1) is 15.1. The monoisotopic (exact) mass is 298 g/mol. The van der Waals surface area contributed by atoms with E-state index in [1.807, 2.05) is 6.07 Å². The van der Waals surface area contributed by atoms with E-state index in [4.69, 9.17) is 0 Å². The Hall–Kier alpha value is -2.31. The minimum absolute atomic E-state index is 0.0584. The maximum Gasteiger partial charge on any atom is 0.422 e. The maximum atomic E-state index is 12.1. The van der Waals surface area contributed by atoms with Gasteiger partial charge in [-0.25, -0.2) is 9.48 Å². The molecule has 0 amide bonds. The Balaban J connectivity index is 2.30. The maximum absolute atomic E-state index is 12.1. The summed E-state index contributed by atoms with van der Waals surface area (Å²) in [7, 11) is 0. The highest BCUT2D eigenvalue weighted by Gasteiger charge is 2.31. The third-order valence-corrected chi connectivity index (χ3v) is 2.86. The number of esters is 1. The third-order valence-electron chi connectivity index (χ3n) is 2.86. The lowest BCUT2D eigenvalue weighted by molar-refractivity contribution is -0.161. The van der Waals surface area contributed by atoms with Gasteiger partial charge < -0.3 is 4.74 Å². The largest absolute Gasteiger partial charge is 0.452 e. The van der Waals surface area contributed by atoms with Gasteiger partial charge in [0.15, 0.2) is 6.61 Å². The number of alkyl halides is 3. The van der Waals surface area contributed by atoms with Crippen molar-refractivity contribution in [3.8, 4) is 5.69 Å². The van der Waals surface area contributed by atoms with Crippen LogP contribution >= 0.6 is 0 Å². The molecule has 0 N–H and O–H groups in total. The van der Waals surface area contributed by atoms with E-state index in [1.165, 1.54) is 4.68 Å². The molecule has 0 bridgehead atoms. The molecule has 1 aromatic carbocycles. The Morgan fingerprint density at radius 3 is 2.43 bits per heavy atom. The molecule has 0 saturated carbocycles. The summed E-state index contributed by atoms with van der Waals surface area (Å²) in [6.07, 6.45) is -4.55. The molecular formula is C14H13F3N2O2. The lowest BCUT2D eigenvalue weighted by Gasteiger charge is -2.08. The summed E-state index contributed by atoms with van der Waals surface area (Å²) in [5.74, 6) is -1.02. The van der Waals surface area contributed by atoms with Crippen molar-refractivity contribution in [1.82, 2.24) is 9.78 Å². The van der Waals surface area contributed by atoms with Gasteiger partial charge in [0.05, 0.1) is 17.1 Å². The lowest BCUT2D eigenvalue weighted by atomic mass is 10.2. The second-order valence-corrected chi connectivity index (χ2v) is 4.48. The van der Waals surface area contributed by atoms with Crippen LogP contribution in [0.2, 0.25) is 0 Å². The van der Waals surface area contributed by atoms with Gasteiger partial charge in [0, 0.05) is 0 Å². The van der Waals surface area contributed by atoms with Crippen LogP contribution in [0.5, 0.6) is 0 Å².